The molecule has 86 valence electrons. The molecule has 0 aliphatic carbocycles. The number of nitrogens with one attached hydrogen (secondary N) is 1. The van der Waals surface area contributed by atoms with Gasteiger partial charge in [0, 0.05) is 12.6 Å². The van der Waals surface area contributed by atoms with E-state index in [1.165, 1.54) is 6.42 Å². The van der Waals surface area contributed by atoms with Gasteiger partial charge < -0.3 is 9.73 Å². The zero-order valence-corrected chi connectivity index (χ0v) is 10.1. The summed E-state index contributed by atoms with van der Waals surface area (Å²) in [6.07, 6.45) is 2.98. The summed E-state index contributed by atoms with van der Waals surface area (Å²) in [7, 11) is 2.17. The van der Waals surface area contributed by atoms with Crippen molar-refractivity contribution in [3.63, 3.8) is 0 Å². The minimum absolute atomic E-state index is 0. The van der Waals surface area contributed by atoms with E-state index < -0.39 is 0 Å². The molecule has 1 aromatic heterocycles. The number of likely N-dealkylation sites (N-methyl/N-ethyl adjacent to an activating group) is 1. The molecule has 1 aliphatic heterocycles. The monoisotopic (exact) mass is 230 g/mol. The summed E-state index contributed by atoms with van der Waals surface area (Å²) >= 11 is 0. The number of furan rings is 1. The molecule has 1 N–H and O–H groups in total. The van der Waals surface area contributed by atoms with E-state index in [0.29, 0.717) is 12.1 Å². The van der Waals surface area contributed by atoms with Crippen molar-refractivity contribution < 1.29 is 4.42 Å². The normalized spacial score (nSPS) is 22.7. The predicted octanol–water partition coefficient (Wildman–Crippen LogP) is 2.06. The molecule has 1 unspecified atom stereocenters. The Bertz CT molecular complexity index is 270. The third-order valence-electron chi connectivity index (χ3n) is 3.18. The second kappa shape index (κ2) is 5.54. The summed E-state index contributed by atoms with van der Waals surface area (Å²) in [5.41, 5.74) is 0. The van der Waals surface area contributed by atoms with Crippen molar-refractivity contribution in [1.29, 1.82) is 0 Å². The molecule has 0 spiro atoms. The van der Waals surface area contributed by atoms with Crippen molar-refractivity contribution >= 4 is 12.4 Å². The number of rotatable bonds is 3. The van der Waals surface area contributed by atoms with Crippen LogP contribution in [0.25, 0.3) is 0 Å². The van der Waals surface area contributed by atoms with Gasteiger partial charge in [0.1, 0.15) is 5.76 Å². The van der Waals surface area contributed by atoms with Gasteiger partial charge in [-0.2, -0.15) is 0 Å². The smallest absolute Gasteiger partial charge is 0.120 e. The van der Waals surface area contributed by atoms with Gasteiger partial charge in [-0.15, -0.1) is 12.4 Å². The largest absolute Gasteiger partial charge is 0.468 e. The van der Waals surface area contributed by atoms with E-state index in [-0.39, 0.29) is 12.4 Å². The van der Waals surface area contributed by atoms with Gasteiger partial charge in [0.05, 0.1) is 12.3 Å². The van der Waals surface area contributed by atoms with Crippen molar-refractivity contribution in [3.05, 3.63) is 24.2 Å². The van der Waals surface area contributed by atoms with Crippen LogP contribution in [0.4, 0.5) is 0 Å². The highest BCUT2D eigenvalue weighted by molar-refractivity contribution is 5.85. The van der Waals surface area contributed by atoms with Crippen LogP contribution < -0.4 is 5.32 Å². The Morgan fingerprint density at radius 3 is 2.93 bits per heavy atom. The molecule has 1 fully saturated rings. The van der Waals surface area contributed by atoms with Crippen LogP contribution in [0.1, 0.15) is 25.1 Å². The number of hydrogen-bond acceptors (Lipinski definition) is 3. The van der Waals surface area contributed by atoms with Crippen LogP contribution in [-0.4, -0.2) is 31.1 Å². The van der Waals surface area contributed by atoms with Crippen LogP contribution in [0.5, 0.6) is 0 Å². The van der Waals surface area contributed by atoms with Crippen LogP contribution >= 0.6 is 12.4 Å². The second-order valence-electron chi connectivity index (χ2n) is 4.00. The van der Waals surface area contributed by atoms with Crippen molar-refractivity contribution in [2.75, 3.05) is 20.1 Å². The van der Waals surface area contributed by atoms with Gasteiger partial charge in [-0.1, -0.05) is 0 Å². The van der Waals surface area contributed by atoms with Crippen LogP contribution in [0.2, 0.25) is 0 Å². The maximum absolute atomic E-state index is 5.41. The lowest BCUT2D eigenvalue weighted by Crippen LogP contribution is -2.35. The standard InChI is InChI=1S/C11H18N2O.ClH/c1-9(11-4-3-7-14-11)13(2)10-5-6-12-8-10;/h3-4,7,9-10,12H,5-6,8H2,1-2H3;1H/t9?,10-;/m1./s1. The highest BCUT2D eigenvalue weighted by Gasteiger charge is 2.24. The molecular formula is C11H19ClN2O. The molecule has 1 saturated heterocycles. The minimum atomic E-state index is 0. The molecule has 0 amide bonds. The van der Waals surface area contributed by atoms with Crippen molar-refractivity contribution in [2.24, 2.45) is 0 Å². The third kappa shape index (κ3) is 2.74. The Kier molecular flexibility index (Phi) is 4.64. The molecule has 0 aromatic carbocycles. The Hall–Kier alpha value is -0.510. The average Bonchev–Trinajstić information content (AvgIpc) is 2.87. The van der Waals surface area contributed by atoms with Crippen LogP contribution in [0, 0.1) is 0 Å². The fourth-order valence-electron chi connectivity index (χ4n) is 2.03. The molecule has 4 heteroatoms. The van der Waals surface area contributed by atoms with E-state index in [2.05, 4.69) is 24.2 Å². The first-order chi connectivity index (χ1) is 6.79. The maximum atomic E-state index is 5.41. The van der Waals surface area contributed by atoms with E-state index in [0.717, 1.165) is 18.8 Å². The van der Waals surface area contributed by atoms with Crippen molar-refractivity contribution in [2.45, 2.75) is 25.4 Å². The quantitative estimate of drug-likeness (QED) is 0.862. The molecule has 15 heavy (non-hydrogen) atoms. The highest BCUT2D eigenvalue weighted by atomic mass is 35.5. The van der Waals surface area contributed by atoms with Gasteiger partial charge >= 0.3 is 0 Å². The summed E-state index contributed by atoms with van der Waals surface area (Å²) in [6, 6.07) is 5.01. The van der Waals surface area contributed by atoms with Gasteiger partial charge in [-0.25, -0.2) is 0 Å². The lowest BCUT2D eigenvalue weighted by molar-refractivity contribution is 0.176. The Balaban J connectivity index is 0.00000112. The minimum Gasteiger partial charge on any atom is -0.468 e. The fraction of sp³-hybridized carbons (Fsp3) is 0.636. The molecule has 1 aliphatic rings. The average molecular weight is 231 g/mol. The molecule has 0 bridgehead atoms. The SMILES string of the molecule is CC(c1ccco1)N(C)[C@@H]1CCNC1.Cl. The van der Waals surface area contributed by atoms with Crippen LogP contribution in [0.3, 0.4) is 0 Å². The van der Waals surface area contributed by atoms with Crippen LogP contribution in [-0.2, 0) is 0 Å². The summed E-state index contributed by atoms with van der Waals surface area (Å²) in [6.45, 7) is 4.43. The van der Waals surface area contributed by atoms with E-state index in [1.807, 2.05) is 12.1 Å². The van der Waals surface area contributed by atoms with Gasteiger partial charge in [-0.3, -0.25) is 4.90 Å². The third-order valence-corrected chi connectivity index (χ3v) is 3.18. The van der Waals surface area contributed by atoms with Gasteiger partial charge in [0.15, 0.2) is 0 Å². The van der Waals surface area contributed by atoms with Gasteiger partial charge in [0.2, 0.25) is 0 Å². The summed E-state index contributed by atoms with van der Waals surface area (Å²) < 4.78 is 5.41. The van der Waals surface area contributed by atoms with Gasteiger partial charge in [0.25, 0.3) is 0 Å². The summed E-state index contributed by atoms with van der Waals surface area (Å²) in [4.78, 5) is 2.39. The first-order valence-electron chi connectivity index (χ1n) is 5.25. The highest BCUT2D eigenvalue weighted by Crippen LogP contribution is 2.22. The number of nitrogens with zero attached hydrogens (tertiary/aromatic N) is 1. The predicted molar refractivity (Wildman–Crippen MR) is 63.4 cm³/mol. The van der Waals surface area contributed by atoms with E-state index in [1.54, 1.807) is 6.26 Å². The second-order valence-corrected chi connectivity index (χ2v) is 4.00. The molecule has 0 saturated carbocycles. The molecule has 1 aromatic rings. The Morgan fingerprint density at radius 2 is 2.40 bits per heavy atom. The molecule has 0 radical (unpaired) electrons. The van der Waals surface area contributed by atoms with Crippen molar-refractivity contribution in [1.82, 2.24) is 10.2 Å². The molecular weight excluding hydrogens is 212 g/mol. The van der Waals surface area contributed by atoms with Crippen molar-refractivity contribution in [3.8, 4) is 0 Å². The van der Waals surface area contributed by atoms with Gasteiger partial charge in [-0.05, 0) is 39.1 Å². The van der Waals surface area contributed by atoms with E-state index in [9.17, 15) is 0 Å². The topological polar surface area (TPSA) is 28.4 Å². The molecule has 2 atom stereocenters. The van der Waals surface area contributed by atoms with E-state index >= 15 is 0 Å². The number of hydrogen-bond donors (Lipinski definition) is 1. The fourth-order valence-corrected chi connectivity index (χ4v) is 2.03. The summed E-state index contributed by atoms with van der Waals surface area (Å²) in [5, 5.41) is 3.38. The molecule has 2 rings (SSSR count). The summed E-state index contributed by atoms with van der Waals surface area (Å²) in [5.74, 6) is 1.06. The van der Waals surface area contributed by atoms with Crippen LogP contribution in [0.15, 0.2) is 22.8 Å². The van der Waals surface area contributed by atoms with E-state index in [4.69, 9.17) is 4.42 Å². The number of halogens is 1. The molecule has 3 nitrogen and oxygen atoms in total. The lowest BCUT2D eigenvalue weighted by Gasteiger charge is -2.28. The molecule has 2 heterocycles. The first kappa shape index (κ1) is 12.6. The Labute approximate surface area is 97.2 Å². The zero-order chi connectivity index (χ0) is 9.97. The Morgan fingerprint density at radius 1 is 1.60 bits per heavy atom. The zero-order valence-electron chi connectivity index (χ0n) is 9.27. The first-order valence-corrected chi connectivity index (χ1v) is 5.25. The maximum Gasteiger partial charge on any atom is 0.120 e. The lowest BCUT2D eigenvalue weighted by atomic mass is 10.1.